The number of carbonyl (C=O) groups is 10. The molecule has 1 aliphatic heterocycles. The molecule has 1 heterocycles. The lowest BCUT2D eigenvalue weighted by Gasteiger charge is -2.31. The van der Waals surface area contributed by atoms with Crippen molar-refractivity contribution in [2.24, 2.45) is 22.7 Å². The third kappa shape index (κ3) is 26.8. The highest BCUT2D eigenvalue weighted by Gasteiger charge is 2.32. The molecule has 2 aliphatic rings. The first-order chi connectivity index (χ1) is 32.6. The summed E-state index contributed by atoms with van der Waals surface area (Å²) in [6, 6.07) is -2.57. The summed E-state index contributed by atoms with van der Waals surface area (Å²) in [5.74, 6) is -6.63. The molecule has 8 N–H and O–H groups in total. The number of ether oxygens (including phenoxy) is 3. The molecule has 69 heavy (non-hydrogen) atoms. The Labute approximate surface area is 404 Å². The number of hydrogen-bond donors (Lipinski definition) is 8. The van der Waals surface area contributed by atoms with Gasteiger partial charge in [0, 0.05) is 83.1 Å². The average molecular weight is 981 g/mol. The van der Waals surface area contributed by atoms with E-state index in [-0.39, 0.29) is 87.0 Å². The molecule has 1 saturated carbocycles. The zero-order valence-electron chi connectivity index (χ0n) is 40.7. The Morgan fingerprint density at radius 1 is 0.623 bits per heavy atom. The second kappa shape index (κ2) is 31.6. The normalized spacial score (nSPS) is 16.9. The van der Waals surface area contributed by atoms with Crippen LogP contribution in [0.1, 0.15) is 124 Å². The summed E-state index contributed by atoms with van der Waals surface area (Å²) in [6.45, 7) is 10.7. The van der Waals surface area contributed by atoms with Crippen molar-refractivity contribution in [2.75, 3.05) is 65.8 Å². The van der Waals surface area contributed by atoms with Crippen LogP contribution in [0.5, 0.6) is 0 Å². The fourth-order valence-corrected chi connectivity index (χ4v) is 7.68. The Hall–Kier alpha value is -5.48. The van der Waals surface area contributed by atoms with Gasteiger partial charge in [0.1, 0.15) is 12.1 Å². The predicted octanol–water partition coefficient (Wildman–Crippen LogP) is 1.68. The maximum absolute atomic E-state index is 13.1. The van der Waals surface area contributed by atoms with Gasteiger partial charge < -0.3 is 56.1 Å². The second-order valence-corrected chi connectivity index (χ2v) is 19.2. The minimum atomic E-state index is -1.37. The van der Waals surface area contributed by atoms with Crippen LogP contribution < -0.4 is 26.6 Å². The number of aliphatic carboxylic acids is 3. The van der Waals surface area contributed by atoms with Gasteiger partial charge in [0.2, 0.25) is 29.5 Å². The van der Waals surface area contributed by atoms with Crippen LogP contribution in [0.3, 0.4) is 0 Å². The Morgan fingerprint density at radius 3 is 1.71 bits per heavy atom. The predicted molar refractivity (Wildman–Crippen MR) is 248 cm³/mol. The fraction of sp³-hybridized carbons (Fsp3) is 0.745. The maximum Gasteiger partial charge on any atom is 0.326 e. The van der Waals surface area contributed by atoms with Crippen molar-refractivity contribution >= 4 is 59.3 Å². The van der Waals surface area contributed by atoms with E-state index in [1.54, 1.807) is 0 Å². The first-order valence-electron chi connectivity index (χ1n) is 23.9. The van der Waals surface area contributed by atoms with E-state index in [1.807, 2.05) is 27.7 Å². The van der Waals surface area contributed by atoms with Crippen LogP contribution in [0, 0.1) is 22.7 Å². The van der Waals surface area contributed by atoms with Gasteiger partial charge in [-0.25, -0.2) is 4.79 Å². The molecule has 0 aromatic rings. The van der Waals surface area contributed by atoms with E-state index in [9.17, 15) is 58.2 Å². The molecule has 0 bridgehead atoms. The van der Waals surface area contributed by atoms with Crippen molar-refractivity contribution < 1.29 is 77.5 Å². The summed E-state index contributed by atoms with van der Waals surface area (Å²) in [4.78, 5) is 122. The number of nitrogens with one attached hydrogen (secondary N) is 5. The van der Waals surface area contributed by atoms with Gasteiger partial charge in [-0.1, -0.05) is 27.7 Å². The van der Waals surface area contributed by atoms with Crippen LogP contribution in [-0.4, -0.2) is 157 Å². The molecule has 0 radical (unpaired) electrons. The molecule has 1 fully saturated rings. The Kier molecular flexibility index (Phi) is 27.3. The third-order valence-electron chi connectivity index (χ3n) is 11.9. The minimum Gasteiger partial charge on any atom is -0.481 e. The van der Waals surface area contributed by atoms with Crippen LogP contribution >= 0.6 is 0 Å². The monoisotopic (exact) mass is 981 g/mol. The zero-order chi connectivity index (χ0) is 51.4. The van der Waals surface area contributed by atoms with Gasteiger partial charge in [-0.05, 0) is 81.0 Å². The summed E-state index contributed by atoms with van der Waals surface area (Å²) < 4.78 is 16.4. The highest BCUT2D eigenvalue weighted by atomic mass is 16.5. The molecular formula is C47H76N6O16. The van der Waals surface area contributed by atoms with Crippen molar-refractivity contribution in [1.29, 1.82) is 0 Å². The molecule has 390 valence electrons. The van der Waals surface area contributed by atoms with Crippen LogP contribution in [0.15, 0.2) is 12.2 Å². The van der Waals surface area contributed by atoms with E-state index in [2.05, 4.69) is 26.6 Å². The van der Waals surface area contributed by atoms with Crippen LogP contribution in [0.25, 0.3) is 0 Å². The highest BCUT2D eigenvalue weighted by Crippen LogP contribution is 2.35. The van der Waals surface area contributed by atoms with Crippen molar-refractivity contribution in [3.63, 3.8) is 0 Å². The standard InChI is InChI=1S/C47H76N6O16/c1-46(2,18-19-47(3,4)30-42(61)62)29-38(56)50-31-32-7-9-33(10-8-32)43(63)52-35(45(65)66)11-13-37(55)51-34(12-16-41(59)60)44(64)49-21-6-24-68-26-28-69-27-25-67-23-5-20-48-36(54)17-22-53-39(57)14-15-40(53)58/h14-15,32-35H,5-13,16-31H2,1-4H3,(H,48,54)(H,49,64)(H,50,56)(H,51,55)(H,52,63)(H,59,60)(H,61,62)(H,65,66). The Balaban J connectivity index is 1.59. The smallest absolute Gasteiger partial charge is 0.326 e. The summed E-state index contributed by atoms with van der Waals surface area (Å²) in [5, 5.41) is 41.6. The second-order valence-electron chi connectivity index (χ2n) is 19.2. The van der Waals surface area contributed by atoms with E-state index in [0.29, 0.717) is 97.3 Å². The van der Waals surface area contributed by atoms with Crippen LogP contribution in [0.2, 0.25) is 0 Å². The van der Waals surface area contributed by atoms with Gasteiger partial charge in [0.15, 0.2) is 0 Å². The maximum atomic E-state index is 13.1. The summed E-state index contributed by atoms with van der Waals surface area (Å²) in [5.41, 5.74) is -0.697. The molecule has 0 spiro atoms. The molecular weight excluding hydrogens is 905 g/mol. The minimum absolute atomic E-state index is 0.0181. The number of nitrogens with zero attached hydrogens (tertiary/aromatic N) is 1. The summed E-state index contributed by atoms with van der Waals surface area (Å²) in [7, 11) is 0. The Bertz CT molecular complexity index is 1740. The number of imide groups is 1. The number of carbonyl (C=O) groups excluding carboxylic acids is 7. The SMILES string of the molecule is CC(C)(CCC(C)(C)CC(=O)NCC1CCC(C(=O)NC(CCC(=O)NC(CCC(=O)O)C(=O)NCCCOCCOCCOCCCNC(=O)CCN2C(=O)C=CC2=O)C(=O)O)CC1)CC(=O)O. The van der Waals surface area contributed by atoms with E-state index in [0.717, 1.165) is 4.90 Å². The molecule has 22 nitrogen and oxygen atoms in total. The van der Waals surface area contributed by atoms with Gasteiger partial charge >= 0.3 is 17.9 Å². The fourth-order valence-electron chi connectivity index (χ4n) is 7.68. The van der Waals surface area contributed by atoms with E-state index >= 15 is 0 Å². The average Bonchev–Trinajstić information content (AvgIpc) is 3.60. The largest absolute Gasteiger partial charge is 0.481 e. The molecule has 1 aliphatic carbocycles. The molecule has 22 heteroatoms. The van der Waals surface area contributed by atoms with Gasteiger partial charge in [0.05, 0.1) is 32.8 Å². The molecule has 2 unspecified atom stereocenters. The first kappa shape index (κ1) is 59.6. The van der Waals surface area contributed by atoms with Crippen LogP contribution in [-0.2, 0) is 62.2 Å². The molecule has 0 aromatic heterocycles. The molecule has 0 aromatic carbocycles. The number of hydrogen-bond acceptors (Lipinski definition) is 13. The molecule has 0 saturated heterocycles. The van der Waals surface area contributed by atoms with Gasteiger partial charge in [-0.15, -0.1) is 0 Å². The lowest BCUT2D eigenvalue weighted by Crippen LogP contribution is -2.48. The van der Waals surface area contributed by atoms with E-state index in [1.165, 1.54) is 12.2 Å². The summed E-state index contributed by atoms with van der Waals surface area (Å²) >= 11 is 0. The lowest BCUT2D eigenvalue weighted by molar-refractivity contribution is -0.143. The number of carboxylic acid groups (broad SMARTS) is 3. The quantitative estimate of drug-likeness (QED) is 0.0324. The highest BCUT2D eigenvalue weighted by molar-refractivity contribution is 6.13. The first-order valence-corrected chi connectivity index (χ1v) is 23.9. The Morgan fingerprint density at radius 2 is 1.16 bits per heavy atom. The van der Waals surface area contributed by atoms with Gasteiger partial charge in [-0.2, -0.15) is 0 Å². The van der Waals surface area contributed by atoms with Crippen molar-refractivity contribution in [3.05, 3.63) is 12.2 Å². The van der Waals surface area contributed by atoms with E-state index < -0.39 is 71.9 Å². The number of carboxylic acids is 3. The van der Waals surface area contributed by atoms with Gasteiger partial charge in [0.25, 0.3) is 11.8 Å². The molecule has 2 rings (SSSR count). The van der Waals surface area contributed by atoms with Crippen LogP contribution in [0.4, 0.5) is 0 Å². The lowest BCUT2D eigenvalue weighted by atomic mass is 9.76. The van der Waals surface area contributed by atoms with Crippen molar-refractivity contribution in [3.8, 4) is 0 Å². The summed E-state index contributed by atoms with van der Waals surface area (Å²) in [6.07, 6.45) is 6.09. The van der Waals surface area contributed by atoms with E-state index in [4.69, 9.17) is 19.3 Å². The third-order valence-corrected chi connectivity index (χ3v) is 11.9. The molecule has 7 amide bonds. The van der Waals surface area contributed by atoms with Gasteiger partial charge in [-0.3, -0.25) is 48.1 Å². The molecule has 2 atom stereocenters. The number of amides is 7. The number of rotatable bonds is 37. The van der Waals surface area contributed by atoms with Crippen molar-refractivity contribution in [2.45, 2.75) is 136 Å². The van der Waals surface area contributed by atoms with Crippen molar-refractivity contribution in [1.82, 2.24) is 31.5 Å². The topological polar surface area (TPSA) is 322 Å². The zero-order valence-corrected chi connectivity index (χ0v) is 40.7.